The first kappa shape index (κ1) is 33.7. The summed E-state index contributed by atoms with van der Waals surface area (Å²) in [6.45, 7) is 0. The molecule has 9 aromatic carbocycles. The van der Waals surface area contributed by atoms with Crippen molar-refractivity contribution in [3.63, 3.8) is 0 Å². The Bertz CT molecular complexity index is 2840. The summed E-state index contributed by atoms with van der Waals surface area (Å²) in [5.41, 5.74) is 14.5. The standard InChI is InChI=1S/C55H38N2O/c1-5-20-40(21-6-1)56(41-22-7-2-8-23-41)44-36-39(37-45(38-44)57(42-24-9-3-10-25-42)43-26-11-4-12-27-43)55(50-32-16-13-28-46(50)47-29-14-17-33-51(47)55)52-34-19-31-49-48-30-15-18-35-53(48)58-54(49)52/h1-38H. The molecular formula is C55H38N2O. The topological polar surface area (TPSA) is 19.6 Å². The van der Waals surface area contributed by atoms with E-state index in [0.717, 1.165) is 67.2 Å². The molecule has 0 atom stereocenters. The molecular weight excluding hydrogens is 705 g/mol. The normalized spacial score (nSPS) is 12.6. The lowest BCUT2D eigenvalue weighted by molar-refractivity contribution is 0.648. The van der Waals surface area contributed by atoms with Crippen LogP contribution in [0.25, 0.3) is 33.1 Å². The molecule has 0 saturated carbocycles. The number of rotatable bonds is 8. The monoisotopic (exact) mass is 742 g/mol. The minimum absolute atomic E-state index is 0.760. The zero-order valence-corrected chi connectivity index (χ0v) is 31.7. The number of fused-ring (bicyclic) bond motifs is 6. The first-order valence-corrected chi connectivity index (χ1v) is 19.9. The second kappa shape index (κ2) is 13.8. The summed E-state index contributed by atoms with van der Waals surface area (Å²) in [5.74, 6) is 0. The molecule has 0 aliphatic heterocycles. The Balaban J connectivity index is 1.31. The average Bonchev–Trinajstić information content (AvgIpc) is 3.82. The highest BCUT2D eigenvalue weighted by molar-refractivity contribution is 6.07. The molecule has 0 amide bonds. The van der Waals surface area contributed by atoms with Crippen LogP contribution in [0.15, 0.2) is 235 Å². The van der Waals surface area contributed by atoms with Gasteiger partial charge in [0.15, 0.2) is 0 Å². The Morgan fingerprint density at radius 1 is 0.310 bits per heavy atom. The third-order valence-corrected chi connectivity index (χ3v) is 11.7. The van der Waals surface area contributed by atoms with Gasteiger partial charge in [-0.15, -0.1) is 0 Å². The fourth-order valence-corrected chi connectivity index (χ4v) is 9.31. The van der Waals surface area contributed by atoms with Crippen LogP contribution in [0.5, 0.6) is 0 Å². The fourth-order valence-electron chi connectivity index (χ4n) is 9.31. The maximum absolute atomic E-state index is 6.98. The van der Waals surface area contributed by atoms with Gasteiger partial charge in [0, 0.05) is 50.5 Å². The Morgan fingerprint density at radius 3 is 1.21 bits per heavy atom. The van der Waals surface area contributed by atoms with E-state index in [4.69, 9.17) is 4.42 Å². The van der Waals surface area contributed by atoms with Crippen molar-refractivity contribution < 1.29 is 4.42 Å². The Kier molecular flexibility index (Phi) is 8.04. The Hall–Kier alpha value is -7.62. The van der Waals surface area contributed by atoms with Gasteiger partial charge in [0.1, 0.15) is 11.2 Å². The van der Waals surface area contributed by atoms with Crippen LogP contribution in [0.3, 0.4) is 0 Å². The number of para-hydroxylation sites is 6. The van der Waals surface area contributed by atoms with E-state index in [-0.39, 0.29) is 0 Å². The Morgan fingerprint density at radius 2 is 0.707 bits per heavy atom. The summed E-state index contributed by atoms with van der Waals surface area (Å²) < 4.78 is 6.98. The van der Waals surface area contributed by atoms with Gasteiger partial charge in [0.25, 0.3) is 0 Å². The van der Waals surface area contributed by atoms with Crippen molar-refractivity contribution in [3.05, 3.63) is 253 Å². The summed E-state index contributed by atoms with van der Waals surface area (Å²) >= 11 is 0. The van der Waals surface area contributed by atoms with E-state index in [0.29, 0.717) is 0 Å². The molecule has 0 unspecified atom stereocenters. The lowest BCUT2D eigenvalue weighted by atomic mass is 9.67. The molecule has 0 N–H and O–H groups in total. The predicted octanol–water partition coefficient (Wildman–Crippen LogP) is 14.9. The lowest BCUT2D eigenvalue weighted by Gasteiger charge is -2.37. The molecule has 1 heterocycles. The largest absolute Gasteiger partial charge is 0.456 e. The summed E-state index contributed by atoms with van der Waals surface area (Å²) in [6.07, 6.45) is 0. The van der Waals surface area contributed by atoms with Crippen LogP contribution in [0.2, 0.25) is 0 Å². The molecule has 11 rings (SSSR count). The molecule has 10 aromatic rings. The molecule has 0 saturated heterocycles. The first-order chi connectivity index (χ1) is 28.8. The van der Waals surface area contributed by atoms with Gasteiger partial charge >= 0.3 is 0 Å². The predicted molar refractivity (Wildman–Crippen MR) is 240 cm³/mol. The first-order valence-electron chi connectivity index (χ1n) is 19.9. The van der Waals surface area contributed by atoms with Gasteiger partial charge in [0.2, 0.25) is 0 Å². The van der Waals surface area contributed by atoms with Crippen molar-refractivity contribution in [2.24, 2.45) is 0 Å². The van der Waals surface area contributed by atoms with Gasteiger partial charge in [-0.05, 0) is 101 Å². The van der Waals surface area contributed by atoms with Crippen LogP contribution in [-0.4, -0.2) is 0 Å². The van der Waals surface area contributed by atoms with Crippen LogP contribution in [0, 0.1) is 0 Å². The van der Waals surface area contributed by atoms with Gasteiger partial charge in [0.05, 0.1) is 5.41 Å². The van der Waals surface area contributed by atoms with Crippen molar-refractivity contribution in [1.82, 2.24) is 0 Å². The van der Waals surface area contributed by atoms with Crippen molar-refractivity contribution in [2.75, 3.05) is 9.80 Å². The molecule has 3 heteroatoms. The molecule has 274 valence electrons. The number of benzene rings is 9. The van der Waals surface area contributed by atoms with Crippen molar-refractivity contribution in [2.45, 2.75) is 5.41 Å². The summed E-state index contributed by atoms with van der Waals surface area (Å²) in [5, 5.41) is 2.22. The zero-order chi connectivity index (χ0) is 38.5. The number of anilines is 6. The highest BCUT2D eigenvalue weighted by atomic mass is 16.3. The van der Waals surface area contributed by atoms with Crippen molar-refractivity contribution in [1.29, 1.82) is 0 Å². The molecule has 0 fully saturated rings. The second-order valence-corrected chi connectivity index (χ2v) is 14.9. The lowest BCUT2D eigenvalue weighted by Crippen LogP contribution is -2.29. The van der Waals surface area contributed by atoms with Crippen LogP contribution in [0.4, 0.5) is 34.1 Å². The van der Waals surface area contributed by atoms with Gasteiger partial charge in [-0.3, -0.25) is 0 Å². The highest BCUT2D eigenvalue weighted by Crippen LogP contribution is 2.59. The summed E-state index contributed by atoms with van der Waals surface area (Å²) in [6, 6.07) is 82.9. The van der Waals surface area contributed by atoms with Gasteiger partial charge in [-0.2, -0.15) is 0 Å². The minimum Gasteiger partial charge on any atom is -0.456 e. The van der Waals surface area contributed by atoms with Gasteiger partial charge in [-0.25, -0.2) is 0 Å². The maximum atomic E-state index is 6.98. The molecule has 1 aliphatic rings. The zero-order valence-electron chi connectivity index (χ0n) is 31.7. The molecule has 1 aliphatic carbocycles. The van der Waals surface area contributed by atoms with E-state index in [9.17, 15) is 0 Å². The fraction of sp³-hybridized carbons (Fsp3) is 0.0182. The van der Waals surface area contributed by atoms with E-state index in [1.165, 1.54) is 22.3 Å². The SMILES string of the molecule is c1ccc(N(c2ccccc2)c2cc(N(c3ccccc3)c3ccccc3)cc(C3(c4cccc5c4oc4ccccc45)c4ccccc4-c4ccccc43)c2)cc1. The molecule has 0 radical (unpaired) electrons. The molecule has 0 spiro atoms. The number of hydrogen-bond donors (Lipinski definition) is 0. The van der Waals surface area contributed by atoms with Crippen molar-refractivity contribution in [3.8, 4) is 11.1 Å². The average molecular weight is 743 g/mol. The van der Waals surface area contributed by atoms with E-state index in [1.54, 1.807) is 0 Å². The van der Waals surface area contributed by atoms with E-state index in [2.05, 4.69) is 240 Å². The molecule has 58 heavy (non-hydrogen) atoms. The van der Waals surface area contributed by atoms with Gasteiger partial charge in [-0.1, -0.05) is 158 Å². The number of hydrogen-bond acceptors (Lipinski definition) is 3. The maximum Gasteiger partial charge on any atom is 0.140 e. The van der Waals surface area contributed by atoms with E-state index < -0.39 is 5.41 Å². The highest BCUT2D eigenvalue weighted by Gasteiger charge is 2.48. The van der Waals surface area contributed by atoms with Crippen LogP contribution in [-0.2, 0) is 5.41 Å². The molecule has 1 aromatic heterocycles. The number of furan rings is 1. The van der Waals surface area contributed by atoms with Gasteiger partial charge < -0.3 is 14.2 Å². The van der Waals surface area contributed by atoms with Crippen molar-refractivity contribution >= 4 is 56.1 Å². The smallest absolute Gasteiger partial charge is 0.140 e. The molecule has 3 nitrogen and oxygen atoms in total. The minimum atomic E-state index is -0.760. The van der Waals surface area contributed by atoms with E-state index >= 15 is 0 Å². The third kappa shape index (κ3) is 5.28. The van der Waals surface area contributed by atoms with Crippen LogP contribution >= 0.6 is 0 Å². The van der Waals surface area contributed by atoms with Crippen LogP contribution in [0.1, 0.15) is 22.3 Å². The number of nitrogens with zero attached hydrogens (tertiary/aromatic N) is 2. The molecule has 0 bridgehead atoms. The quantitative estimate of drug-likeness (QED) is 0.155. The van der Waals surface area contributed by atoms with Crippen LogP contribution < -0.4 is 9.80 Å². The second-order valence-electron chi connectivity index (χ2n) is 14.9. The Labute approximate surface area is 338 Å². The third-order valence-electron chi connectivity index (χ3n) is 11.7. The summed E-state index contributed by atoms with van der Waals surface area (Å²) in [7, 11) is 0. The summed E-state index contributed by atoms with van der Waals surface area (Å²) in [4.78, 5) is 4.76. The van der Waals surface area contributed by atoms with E-state index in [1.807, 2.05) is 0 Å².